The summed E-state index contributed by atoms with van der Waals surface area (Å²) in [6.07, 6.45) is 3.51. The van der Waals surface area contributed by atoms with E-state index in [1.165, 1.54) is 19.9 Å². The van der Waals surface area contributed by atoms with Gasteiger partial charge in [0, 0.05) is 17.8 Å². The smallest absolute Gasteiger partial charge is 0.240 e. The molecule has 2 atom stereocenters. The number of aryl methyl sites for hydroxylation is 1. The summed E-state index contributed by atoms with van der Waals surface area (Å²) in [6, 6.07) is 6.35. The molecule has 2 rings (SSSR count). The molecule has 2 unspecified atom stereocenters. The lowest BCUT2D eigenvalue weighted by atomic mass is 10.1. The molecule has 6 heteroatoms. The van der Waals surface area contributed by atoms with Crippen molar-refractivity contribution < 1.29 is 8.42 Å². The van der Waals surface area contributed by atoms with Crippen molar-refractivity contribution >= 4 is 15.7 Å². The summed E-state index contributed by atoms with van der Waals surface area (Å²) in [5, 5.41) is 6.88. The van der Waals surface area contributed by atoms with Crippen LogP contribution >= 0.6 is 0 Å². The molecule has 21 heavy (non-hydrogen) atoms. The van der Waals surface area contributed by atoms with E-state index in [1.807, 2.05) is 12.1 Å². The highest BCUT2D eigenvalue weighted by Crippen LogP contribution is 2.21. The Kier molecular flexibility index (Phi) is 5.24. The minimum absolute atomic E-state index is 0.299. The minimum Gasteiger partial charge on any atom is -0.382 e. The molecule has 0 radical (unpaired) electrons. The predicted molar refractivity (Wildman–Crippen MR) is 86.2 cm³/mol. The molecule has 1 saturated heterocycles. The van der Waals surface area contributed by atoms with Gasteiger partial charge in [0.25, 0.3) is 0 Å². The van der Waals surface area contributed by atoms with Gasteiger partial charge in [-0.05, 0) is 64.4 Å². The van der Waals surface area contributed by atoms with E-state index in [0.29, 0.717) is 17.0 Å². The van der Waals surface area contributed by atoms with Crippen molar-refractivity contribution in [2.24, 2.45) is 0 Å². The van der Waals surface area contributed by atoms with Crippen LogP contribution in [0.5, 0.6) is 0 Å². The van der Waals surface area contributed by atoms with Crippen LogP contribution in [0.15, 0.2) is 23.1 Å². The van der Waals surface area contributed by atoms with Crippen LogP contribution in [0.2, 0.25) is 0 Å². The first-order valence-corrected chi connectivity index (χ1v) is 8.95. The first kappa shape index (κ1) is 16.3. The van der Waals surface area contributed by atoms with Gasteiger partial charge in [-0.25, -0.2) is 13.1 Å². The maximum atomic E-state index is 12.0. The fraction of sp³-hybridized carbons (Fsp3) is 0.600. The van der Waals surface area contributed by atoms with Crippen LogP contribution in [-0.2, 0) is 10.0 Å². The van der Waals surface area contributed by atoms with Gasteiger partial charge in [0.15, 0.2) is 0 Å². The summed E-state index contributed by atoms with van der Waals surface area (Å²) in [4.78, 5) is 0.334. The third-order valence-electron chi connectivity index (χ3n) is 3.96. The lowest BCUT2D eigenvalue weighted by Crippen LogP contribution is -2.29. The average Bonchev–Trinajstić information content (AvgIpc) is 2.93. The molecule has 1 fully saturated rings. The molecule has 1 heterocycles. The summed E-state index contributed by atoms with van der Waals surface area (Å²) in [5.41, 5.74) is 1.60. The lowest BCUT2D eigenvalue weighted by molar-refractivity contribution is 0.523. The van der Waals surface area contributed by atoms with E-state index in [9.17, 15) is 8.42 Å². The number of nitrogens with one attached hydrogen (secondary N) is 3. The molecule has 1 aliphatic rings. The van der Waals surface area contributed by atoms with Crippen molar-refractivity contribution in [3.63, 3.8) is 0 Å². The van der Waals surface area contributed by atoms with E-state index < -0.39 is 10.0 Å². The van der Waals surface area contributed by atoms with E-state index in [4.69, 9.17) is 0 Å². The van der Waals surface area contributed by atoms with Crippen LogP contribution in [0.4, 0.5) is 5.69 Å². The molecule has 0 spiro atoms. The fourth-order valence-corrected chi connectivity index (χ4v) is 3.81. The third-order valence-corrected chi connectivity index (χ3v) is 5.52. The van der Waals surface area contributed by atoms with Gasteiger partial charge < -0.3 is 10.6 Å². The van der Waals surface area contributed by atoms with E-state index >= 15 is 0 Å². The standard InChI is InChI=1S/C15H25N3O2S/c1-11-6-7-14(10-15(11)21(19,20)16-3)18-12(2)9-13-5-4-8-17-13/h6-7,10,12-13,16-18H,4-5,8-9H2,1-3H3. The molecular weight excluding hydrogens is 286 g/mol. The van der Waals surface area contributed by atoms with E-state index in [0.717, 1.165) is 24.2 Å². The second-order valence-electron chi connectivity index (χ2n) is 5.76. The summed E-state index contributed by atoms with van der Waals surface area (Å²) >= 11 is 0. The van der Waals surface area contributed by atoms with Crippen LogP contribution in [0.3, 0.4) is 0 Å². The Hall–Kier alpha value is -1.11. The maximum absolute atomic E-state index is 12.0. The normalized spacial score (nSPS) is 20.4. The van der Waals surface area contributed by atoms with E-state index in [2.05, 4.69) is 22.3 Å². The summed E-state index contributed by atoms with van der Waals surface area (Å²) in [6.45, 7) is 5.04. The van der Waals surface area contributed by atoms with Crippen molar-refractivity contribution in [1.82, 2.24) is 10.0 Å². The summed E-state index contributed by atoms with van der Waals surface area (Å²) in [7, 11) is -1.98. The highest BCUT2D eigenvalue weighted by molar-refractivity contribution is 7.89. The Morgan fingerprint density at radius 2 is 2.19 bits per heavy atom. The molecule has 1 aromatic rings. The molecule has 0 amide bonds. The topological polar surface area (TPSA) is 70.2 Å². The second-order valence-corrected chi connectivity index (χ2v) is 7.62. The van der Waals surface area contributed by atoms with Gasteiger partial charge in [0.1, 0.15) is 0 Å². The number of benzene rings is 1. The monoisotopic (exact) mass is 311 g/mol. The highest BCUT2D eigenvalue weighted by atomic mass is 32.2. The zero-order valence-corrected chi connectivity index (χ0v) is 13.8. The van der Waals surface area contributed by atoms with Crippen molar-refractivity contribution in [3.8, 4) is 0 Å². The first-order valence-electron chi connectivity index (χ1n) is 7.46. The molecular formula is C15H25N3O2S. The largest absolute Gasteiger partial charge is 0.382 e. The Morgan fingerprint density at radius 3 is 2.81 bits per heavy atom. The van der Waals surface area contributed by atoms with Crippen molar-refractivity contribution in [1.29, 1.82) is 0 Å². The molecule has 3 N–H and O–H groups in total. The maximum Gasteiger partial charge on any atom is 0.240 e. The molecule has 0 aliphatic carbocycles. The third kappa shape index (κ3) is 4.18. The second kappa shape index (κ2) is 6.77. The Morgan fingerprint density at radius 1 is 1.43 bits per heavy atom. The predicted octanol–water partition coefficient (Wildman–Crippen LogP) is 1.85. The van der Waals surface area contributed by atoms with Gasteiger partial charge >= 0.3 is 0 Å². The number of anilines is 1. The van der Waals surface area contributed by atoms with Gasteiger partial charge in [0.05, 0.1) is 4.90 Å². The van der Waals surface area contributed by atoms with Gasteiger partial charge in [0.2, 0.25) is 10.0 Å². The van der Waals surface area contributed by atoms with E-state index in [1.54, 1.807) is 13.0 Å². The number of hydrogen-bond donors (Lipinski definition) is 3. The van der Waals surface area contributed by atoms with Gasteiger partial charge in [-0.15, -0.1) is 0 Å². The van der Waals surface area contributed by atoms with Crippen LogP contribution < -0.4 is 15.4 Å². The zero-order chi connectivity index (χ0) is 15.5. The SMILES string of the molecule is CNS(=O)(=O)c1cc(NC(C)CC2CCCN2)ccc1C. The van der Waals surface area contributed by atoms with Crippen molar-refractivity contribution in [3.05, 3.63) is 23.8 Å². The van der Waals surface area contributed by atoms with Crippen LogP contribution in [0.25, 0.3) is 0 Å². The van der Waals surface area contributed by atoms with Gasteiger partial charge in [-0.2, -0.15) is 0 Å². The molecule has 0 bridgehead atoms. The Labute approximate surface area is 127 Å². The van der Waals surface area contributed by atoms with Gasteiger partial charge in [-0.3, -0.25) is 0 Å². The Bertz CT molecular complexity index is 581. The highest BCUT2D eigenvalue weighted by Gasteiger charge is 2.18. The number of sulfonamides is 1. The first-order chi connectivity index (χ1) is 9.92. The number of rotatable bonds is 6. The van der Waals surface area contributed by atoms with Crippen LogP contribution in [0.1, 0.15) is 31.7 Å². The van der Waals surface area contributed by atoms with Crippen molar-refractivity contribution in [2.75, 3.05) is 18.9 Å². The molecule has 0 saturated carbocycles. The minimum atomic E-state index is -3.41. The number of hydrogen-bond acceptors (Lipinski definition) is 4. The molecule has 118 valence electrons. The fourth-order valence-electron chi connectivity index (χ4n) is 2.82. The zero-order valence-electron chi connectivity index (χ0n) is 12.9. The molecule has 1 aliphatic heterocycles. The van der Waals surface area contributed by atoms with Gasteiger partial charge in [-0.1, -0.05) is 6.07 Å². The Balaban J connectivity index is 2.08. The molecule has 5 nitrogen and oxygen atoms in total. The summed E-state index contributed by atoms with van der Waals surface area (Å²) in [5.74, 6) is 0. The quantitative estimate of drug-likeness (QED) is 0.750. The molecule has 0 aromatic heterocycles. The lowest BCUT2D eigenvalue weighted by Gasteiger charge is -2.20. The summed E-state index contributed by atoms with van der Waals surface area (Å²) < 4.78 is 26.4. The van der Waals surface area contributed by atoms with Crippen LogP contribution in [0, 0.1) is 6.92 Å². The molecule has 1 aromatic carbocycles. The van der Waals surface area contributed by atoms with E-state index in [-0.39, 0.29) is 0 Å². The van der Waals surface area contributed by atoms with Crippen LogP contribution in [-0.4, -0.2) is 34.1 Å². The van der Waals surface area contributed by atoms with Crippen molar-refractivity contribution in [2.45, 2.75) is 50.1 Å². The average molecular weight is 311 g/mol.